The number of hydrogen-bond acceptors (Lipinski definition) is 7. The van der Waals surface area contributed by atoms with Crippen LogP contribution in [0.4, 0.5) is 0 Å². The van der Waals surface area contributed by atoms with Gasteiger partial charge in [-0.15, -0.1) is 0 Å². The average molecular weight is 419 g/mol. The molecular formula is C24H21NO6. The number of carbonyl (C=O) groups is 2. The number of esters is 2. The van der Waals surface area contributed by atoms with Crippen LogP contribution in [0.1, 0.15) is 25.0 Å². The molecule has 0 amide bonds. The van der Waals surface area contributed by atoms with Crippen molar-refractivity contribution >= 4 is 28.9 Å². The van der Waals surface area contributed by atoms with E-state index in [2.05, 4.69) is 4.98 Å². The zero-order chi connectivity index (χ0) is 22.0. The monoisotopic (exact) mass is 419 g/mol. The molecule has 7 heteroatoms. The van der Waals surface area contributed by atoms with Crippen LogP contribution < -0.4 is 9.47 Å². The fraction of sp³-hybridized carbons (Fsp3) is 0.208. The minimum Gasteiger partial charge on any atom is -0.496 e. The molecule has 31 heavy (non-hydrogen) atoms. The van der Waals surface area contributed by atoms with E-state index in [9.17, 15) is 9.59 Å². The largest absolute Gasteiger partial charge is 0.496 e. The van der Waals surface area contributed by atoms with Gasteiger partial charge in [-0.05, 0) is 35.9 Å². The van der Waals surface area contributed by atoms with E-state index >= 15 is 0 Å². The third kappa shape index (κ3) is 4.35. The predicted molar refractivity (Wildman–Crippen MR) is 113 cm³/mol. The lowest BCUT2D eigenvalue weighted by atomic mass is 10.1. The van der Waals surface area contributed by atoms with Crippen molar-refractivity contribution in [3.05, 3.63) is 71.4 Å². The minimum absolute atomic E-state index is 0.172. The molecule has 2 aromatic carbocycles. The first-order chi connectivity index (χ1) is 14.9. The Morgan fingerprint density at radius 1 is 1.00 bits per heavy atom. The first-order valence-corrected chi connectivity index (χ1v) is 9.68. The van der Waals surface area contributed by atoms with Crippen LogP contribution in [0.5, 0.6) is 11.5 Å². The summed E-state index contributed by atoms with van der Waals surface area (Å²) in [5, 5.41) is 0.975. The van der Waals surface area contributed by atoms with E-state index in [0.29, 0.717) is 17.1 Å². The van der Waals surface area contributed by atoms with Gasteiger partial charge in [-0.2, -0.15) is 0 Å². The average Bonchev–Trinajstić information content (AvgIpc) is 2.74. The molecule has 2 heterocycles. The van der Waals surface area contributed by atoms with Crippen molar-refractivity contribution in [1.82, 2.24) is 4.98 Å². The molecule has 0 N–H and O–H groups in total. The normalized spacial score (nSPS) is 15.3. The highest BCUT2D eigenvalue weighted by molar-refractivity contribution is 6.18. The number of methoxy groups -OCH3 is 1. The summed E-state index contributed by atoms with van der Waals surface area (Å²) in [4.78, 5) is 28.8. The SMILES string of the molecule is COc1ccc(C=C2C(=O)OC(C)(C)OC2=O)cc1COc1cccc2cccnc12. The lowest BCUT2D eigenvalue weighted by molar-refractivity contribution is -0.222. The molecule has 1 saturated heterocycles. The Hall–Kier alpha value is -3.87. The smallest absolute Gasteiger partial charge is 0.348 e. The molecule has 1 fully saturated rings. The first-order valence-electron chi connectivity index (χ1n) is 9.68. The van der Waals surface area contributed by atoms with E-state index in [0.717, 1.165) is 16.5 Å². The Kier molecular flexibility index (Phi) is 5.33. The quantitative estimate of drug-likeness (QED) is 0.351. The van der Waals surface area contributed by atoms with Crippen molar-refractivity contribution in [2.45, 2.75) is 26.2 Å². The molecule has 158 valence electrons. The van der Waals surface area contributed by atoms with Crippen LogP contribution in [-0.2, 0) is 25.7 Å². The van der Waals surface area contributed by atoms with Crippen molar-refractivity contribution in [3.63, 3.8) is 0 Å². The lowest BCUT2D eigenvalue weighted by Gasteiger charge is -2.29. The van der Waals surface area contributed by atoms with Crippen LogP contribution in [0.2, 0.25) is 0 Å². The molecular weight excluding hydrogens is 398 g/mol. The summed E-state index contributed by atoms with van der Waals surface area (Å²) < 4.78 is 21.7. The van der Waals surface area contributed by atoms with E-state index in [1.54, 1.807) is 31.5 Å². The summed E-state index contributed by atoms with van der Waals surface area (Å²) in [7, 11) is 1.56. The summed E-state index contributed by atoms with van der Waals surface area (Å²) in [6, 6.07) is 14.8. The Morgan fingerprint density at radius 3 is 2.48 bits per heavy atom. The highest BCUT2D eigenvalue weighted by atomic mass is 16.7. The molecule has 7 nitrogen and oxygen atoms in total. The second-order valence-corrected chi connectivity index (χ2v) is 7.43. The fourth-order valence-corrected chi connectivity index (χ4v) is 3.29. The number of hydrogen-bond donors (Lipinski definition) is 0. The van der Waals surface area contributed by atoms with Gasteiger partial charge in [0.05, 0.1) is 7.11 Å². The Balaban J connectivity index is 1.61. The first kappa shape index (κ1) is 20.4. The molecule has 0 unspecified atom stereocenters. The van der Waals surface area contributed by atoms with E-state index in [1.807, 2.05) is 30.3 Å². The topological polar surface area (TPSA) is 84.0 Å². The van der Waals surface area contributed by atoms with E-state index in [-0.39, 0.29) is 12.2 Å². The van der Waals surface area contributed by atoms with Crippen LogP contribution >= 0.6 is 0 Å². The lowest BCUT2D eigenvalue weighted by Crippen LogP contribution is -2.41. The van der Waals surface area contributed by atoms with Crippen molar-refractivity contribution in [2.24, 2.45) is 0 Å². The number of pyridine rings is 1. The molecule has 0 spiro atoms. The number of carbonyl (C=O) groups excluding carboxylic acids is 2. The maximum atomic E-state index is 12.2. The molecule has 0 atom stereocenters. The van der Waals surface area contributed by atoms with Crippen molar-refractivity contribution in [2.75, 3.05) is 7.11 Å². The number of ether oxygens (including phenoxy) is 4. The van der Waals surface area contributed by atoms with Gasteiger partial charge in [0, 0.05) is 31.0 Å². The van der Waals surface area contributed by atoms with Crippen molar-refractivity contribution in [3.8, 4) is 11.5 Å². The Morgan fingerprint density at radius 2 is 1.74 bits per heavy atom. The summed E-state index contributed by atoms with van der Waals surface area (Å²) in [6.07, 6.45) is 3.15. The summed E-state index contributed by atoms with van der Waals surface area (Å²) >= 11 is 0. The summed E-state index contributed by atoms with van der Waals surface area (Å²) in [5.41, 5.74) is 1.94. The maximum absolute atomic E-state index is 12.2. The fourth-order valence-electron chi connectivity index (χ4n) is 3.29. The van der Waals surface area contributed by atoms with E-state index in [4.69, 9.17) is 18.9 Å². The summed E-state index contributed by atoms with van der Waals surface area (Å²) in [5.74, 6) is -1.47. The third-order valence-electron chi connectivity index (χ3n) is 4.71. The highest BCUT2D eigenvalue weighted by Gasteiger charge is 2.38. The summed E-state index contributed by atoms with van der Waals surface area (Å²) in [6.45, 7) is 3.22. The number of rotatable bonds is 5. The molecule has 0 bridgehead atoms. The van der Waals surface area contributed by atoms with Crippen LogP contribution in [-0.4, -0.2) is 29.8 Å². The van der Waals surface area contributed by atoms with Crippen LogP contribution in [0, 0.1) is 0 Å². The number of nitrogens with zero attached hydrogens (tertiary/aromatic N) is 1. The molecule has 1 aliphatic heterocycles. The van der Waals surface area contributed by atoms with Gasteiger partial charge in [0.25, 0.3) is 5.79 Å². The van der Waals surface area contributed by atoms with Crippen LogP contribution in [0.3, 0.4) is 0 Å². The van der Waals surface area contributed by atoms with Gasteiger partial charge in [-0.25, -0.2) is 9.59 Å². The van der Waals surface area contributed by atoms with Gasteiger partial charge in [-0.3, -0.25) is 4.98 Å². The van der Waals surface area contributed by atoms with Gasteiger partial charge in [0.1, 0.15) is 29.2 Å². The van der Waals surface area contributed by atoms with Crippen LogP contribution in [0.15, 0.2) is 60.3 Å². The van der Waals surface area contributed by atoms with Gasteiger partial charge in [-0.1, -0.05) is 24.3 Å². The maximum Gasteiger partial charge on any atom is 0.348 e. The number of benzene rings is 2. The number of para-hydroxylation sites is 1. The second kappa shape index (κ2) is 8.10. The molecule has 3 aromatic rings. The van der Waals surface area contributed by atoms with Gasteiger partial charge in [0.2, 0.25) is 0 Å². The highest BCUT2D eigenvalue weighted by Crippen LogP contribution is 2.28. The van der Waals surface area contributed by atoms with Gasteiger partial charge >= 0.3 is 11.9 Å². The predicted octanol–water partition coefficient (Wildman–Crippen LogP) is 4.04. The van der Waals surface area contributed by atoms with Gasteiger partial charge < -0.3 is 18.9 Å². The van der Waals surface area contributed by atoms with Gasteiger partial charge in [0.15, 0.2) is 0 Å². The zero-order valence-corrected chi connectivity index (χ0v) is 17.4. The van der Waals surface area contributed by atoms with Crippen LogP contribution in [0.25, 0.3) is 17.0 Å². The Bertz CT molecular complexity index is 1170. The molecule has 1 aromatic heterocycles. The van der Waals surface area contributed by atoms with E-state index in [1.165, 1.54) is 19.9 Å². The zero-order valence-electron chi connectivity index (χ0n) is 17.4. The number of fused-ring (bicyclic) bond motifs is 1. The minimum atomic E-state index is -1.28. The number of cyclic esters (lactones) is 2. The third-order valence-corrected chi connectivity index (χ3v) is 4.71. The number of aromatic nitrogens is 1. The van der Waals surface area contributed by atoms with Crippen molar-refractivity contribution in [1.29, 1.82) is 0 Å². The second-order valence-electron chi connectivity index (χ2n) is 7.43. The van der Waals surface area contributed by atoms with Crippen molar-refractivity contribution < 1.29 is 28.5 Å². The molecule has 0 saturated carbocycles. The van der Waals surface area contributed by atoms with E-state index < -0.39 is 17.7 Å². The molecule has 4 rings (SSSR count). The molecule has 1 aliphatic rings. The molecule has 0 radical (unpaired) electrons. The Labute approximate surface area is 179 Å². The standard InChI is InChI=1S/C24H21NO6/c1-24(2)30-22(26)18(23(27)31-24)13-15-9-10-19(28-3)17(12-15)14-29-20-8-4-6-16-7-5-11-25-21(16)20/h4-13H,14H2,1-3H3. The molecule has 0 aliphatic carbocycles.